The summed E-state index contributed by atoms with van der Waals surface area (Å²) in [6.45, 7) is 3.47. The summed E-state index contributed by atoms with van der Waals surface area (Å²) >= 11 is 1.92. The first kappa shape index (κ1) is 19.0. The quantitative estimate of drug-likeness (QED) is 0.822. The lowest BCUT2D eigenvalue weighted by molar-refractivity contribution is -0.143. The number of amides is 2. The van der Waals surface area contributed by atoms with Gasteiger partial charge in [-0.25, -0.2) is 4.79 Å². The van der Waals surface area contributed by atoms with Crippen LogP contribution < -0.4 is 5.32 Å². The van der Waals surface area contributed by atoms with E-state index in [1.165, 1.54) is 5.56 Å². The molecule has 1 aromatic carbocycles. The predicted molar refractivity (Wildman–Crippen MR) is 103 cm³/mol. The molecule has 0 bridgehead atoms. The Labute approximate surface area is 158 Å². The van der Waals surface area contributed by atoms with Crippen molar-refractivity contribution in [3.8, 4) is 0 Å². The van der Waals surface area contributed by atoms with Crippen molar-refractivity contribution < 1.29 is 14.7 Å². The summed E-state index contributed by atoms with van der Waals surface area (Å²) < 4.78 is 0. The number of hydrogen-bond acceptors (Lipinski definition) is 4. The molecular formula is C19H27N3O3S. The first-order valence-corrected chi connectivity index (χ1v) is 10.4. The second-order valence-corrected chi connectivity index (χ2v) is 8.14. The molecule has 2 unspecified atom stereocenters. The Morgan fingerprint density at radius 2 is 2.04 bits per heavy atom. The summed E-state index contributed by atoms with van der Waals surface area (Å²) in [6.07, 6.45) is 1.41. The SMILES string of the molecule is O=C(O)C1CCCN(C(=O)NCC2CSCCN2Cc2ccccc2)C1. The van der Waals surface area contributed by atoms with Gasteiger partial charge in [0.05, 0.1) is 5.92 Å². The highest BCUT2D eigenvalue weighted by atomic mass is 32.2. The van der Waals surface area contributed by atoms with Crippen LogP contribution in [0.15, 0.2) is 30.3 Å². The average molecular weight is 378 g/mol. The molecule has 26 heavy (non-hydrogen) atoms. The van der Waals surface area contributed by atoms with Crippen molar-refractivity contribution in [1.29, 1.82) is 0 Å². The van der Waals surface area contributed by atoms with Crippen LogP contribution in [0.2, 0.25) is 0 Å². The molecule has 2 N–H and O–H groups in total. The fourth-order valence-corrected chi connectivity index (χ4v) is 4.71. The van der Waals surface area contributed by atoms with Crippen LogP contribution in [0.4, 0.5) is 4.79 Å². The highest BCUT2D eigenvalue weighted by Crippen LogP contribution is 2.19. The first-order chi connectivity index (χ1) is 12.6. The maximum atomic E-state index is 12.5. The second-order valence-electron chi connectivity index (χ2n) is 6.99. The number of hydrogen-bond donors (Lipinski definition) is 2. The lowest BCUT2D eigenvalue weighted by Gasteiger charge is -2.36. The summed E-state index contributed by atoms with van der Waals surface area (Å²) in [5.41, 5.74) is 1.29. The Bertz CT molecular complexity index is 613. The van der Waals surface area contributed by atoms with E-state index in [1.807, 2.05) is 17.8 Å². The zero-order valence-corrected chi connectivity index (χ0v) is 15.8. The zero-order valence-electron chi connectivity index (χ0n) is 15.0. The largest absolute Gasteiger partial charge is 0.481 e. The molecule has 2 fully saturated rings. The van der Waals surface area contributed by atoms with Crippen molar-refractivity contribution in [2.75, 3.05) is 37.7 Å². The van der Waals surface area contributed by atoms with E-state index in [0.717, 1.165) is 31.0 Å². The lowest BCUT2D eigenvalue weighted by atomic mass is 9.99. The van der Waals surface area contributed by atoms with Gasteiger partial charge in [0.2, 0.25) is 0 Å². The van der Waals surface area contributed by atoms with E-state index in [2.05, 4.69) is 34.5 Å². The molecule has 2 atom stereocenters. The van der Waals surface area contributed by atoms with Crippen LogP contribution in [0.3, 0.4) is 0 Å². The highest BCUT2D eigenvalue weighted by molar-refractivity contribution is 7.99. The molecule has 0 saturated carbocycles. The first-order valence-electron chi connectivity index (χ1n) is 9.25. The van der Waals surface area contributed by atoms with Gasteiger partial charge in [0.25, 0.3) is 0 Å². The van der Waals surface area contributed by atoms with Crippen molar-refractivity contribution >= 4 is 23.8 Å². The third kappa shape index (κ3) is 5.14. The third-order valence-corrected chi connectivity index (χ3v) is 6.22. The number of aliphatic carboxylic acids is 1. The molecule has 0 radical (unpaired) electrons. The molecule has 142 valence electrons. The van der Waals surface area contributed by atoms with Gasteiger partial charge in [0, 0.05) is 50.3 Å². The number of benzene rings is 1. The topological polar surface area (TPSA) is 72.9 Å². The minimum absolute atomic E-state index is 0.133. The zero-order chi connectivity index (χ0) is 18.4. The predicted octanol–water partition coefficient (Wildman–Crippen LogP) is 2.11. The molecule has 2 aliphatic heterocycles. The van der Waals surface area contributed by atoms with Gasteiger partial charge in [-0.2, -0.15) is 11.8 Å². The summed E-state index contributed by atoms with van der Waals surface area (Å²) in [7, 11) is 0. The van der Waals surface area contributed by atoms with Crippen LogP contribution in [-0.4, -0.2) is 70.6 Å². The fourth-order valence-electron chi connectivity index (χ4n) is 3.58. The smallest absolute Gasteiger partial charge is 0.317 e. The van der Waals surface area contributed by atoms with Gasteiger partial charge in [0.15, 0.2) is 0 Å². The van der Waals surface area contributed by atoms with Crippen molar-refractivity contribution in [2.24, 2.45) is 5.92 Å². The Hall–Kier alpha value is -1.73. The van der Waals surface area contributed by atoms with E-state index >= 15 is 0 Å². The molecule has 7 heteroatoms. The number of nitrogens with zero attached hydrogens (tertiary/aromatic N) is 2. The molecule has 2 amide bonds. The monoisotopic (exact) mass is 377 g/mol. The maximum Gasteiger partial charge on any atom is 0.317 e. The Balaban J connectivity index is 1.51. The summed E-state index contributed by atoms with van der Waals surface area (Å²) in [5, 5.41) is 12.2. The van der Waals surface area contributed by atoms with Crippen LogP contribution in [-0.2, 0) is 11.3 Å². The Morgan fingerprint density at radius 3 is 2.81 bits per heavy atom. The number of urea groups is 1. The van der Waals surface area contributed by atoms with E-state index in [0.29, 0.717) is 32.1 Å². The van der Waals surface area contributed by atoms with Gasteiger partial charge in [0.1, 0.15) is 0 Å². The van der Waals surface area contributed by atoms with Crippen LogP contribution in [0.5, 0.6) is 0 Å². The van der Waals surface area contributed by atoms with E-state index in [-0.39, 0.29) is 6.03 Å². The Kier molecular flexibility index (Phi) is 6.80. The molecule has 6 nitrogen and oxygen atoms in total. The number of carbonyl (C=O) groups excluding carboxylic acids is 1. The van der Waals surface area contributed by atoms with Gasteiger partial charge in [-0.1, -0.05) is 30.3 Å². The second kappa shape index (κ2) is 9.28. The lowest BCUT2D eigenvalue weighted by Crippen LogP contribution is -2.52. The fraction of sp³-hybridized carbons (Fsp3) is 0.579. The molecule has 0 aliphatic carbocycles. The number of nitrogens with one attached hydrogen (secondary N) is 1. The van der Waals surface area contributed by atoms with E-state index < -0.39 is 11.9 Å². The van der Waals surface area contributed by atoms with Crippen molar-refractivity contribution in [3.05, 3.63) is 35.9 Å². The molecule has 1 aromatic rings. The molecule has 2 heterocycles. The minimum Gasteiger partial charge on any atom is -0.481 e. The van der Waals surface area contributed by atoms with E-state index in [9.17, 15) is 14.7 Å². The van der Waals surface area contributed by atoms with Crippen molar-refractivity contribution in [3.63, 3.8) is 0 Å². The minimum atomic E-state index is -0.805. The van der Waals surface area contributed by atoms with E-state index in [1.54, 1.807) is 4.90 Å². The summed E-state index contributed by atoms with van der Waals surface area (Å²) in [4.78, 5) is 27.7. The highest BCUT2D eigenvalue weighted by Gasteiger charge is 2.29. The van der Waals surface area contributed by atoms with Gasteiger partial charge in [-0.05, 0) is 18.4 Å². The standard InChI is InChI=1S/C19H27N3O3S/c23-18(24)16-7-4-8-22(13-16)19(25)20-11-17-14-26-10-9-21(17)12-15-5-2-1-3-6-15/h1-3,5-6,16-17H,4,7-14H2,(H,20,25)(H,23,24). The summed E-state index contributed by atoms with van der Waals surface area (Å²) in [5.74, 6) is 0.878. The molecular weight excluding hydrogens is 350 g/mol. The number of rotatable bonds is 5. The number of thioether (sulfide) groups is 1. The normalized spacial score (nSPS) is 24.2. The molecule has 0 spiro atoms. The van der Waals surface area contributed by atoms with Crippen LogP contribution in [0.25, 0.3) is 0 Å². The maximum absolute atomic E-state index is 12.5. The van der Waals surface area contributed by atoms with Crippen molar-refractivity contribution in [2.45, 2.75) is 25.4 Å². The molecule has 2 saturated heterocycles. The van der Waals surface area contributed by atoms with Gasteiger partial charge in [-0.3, -0.25) is 9.69 Å². The van der Waals surface area contributed by atoms with Crippen LogP contribution in [0, 0.1) is 5.92 Å². The Morgan fingerprint density at radius 1 is 1.23 bits per heavy atom. The molecule has 3 rings (SSSR count). The van der Waals surface area contributed by atoms with Crippen LogP contribution in [0.1, 0.15) is 18.4 Å². The summed E-state index contributed by atoms with van der Waals surface area (Å²) in [6, 6.07) is 10.6. The molecule has 0 aromatic heterocycles. The van der Waals surface area contributed by atoms with Gasteiger partial charge in [-0.15, -0.1) is 0 Å². The van der Waals surface area contributed by atoms with Crippen molar-refractivity contribution in [1.82, 2.24) is 15.1 Å². The third-order valence-electron chi connectivity index (χ3n) is 5.12. The number of carbonyl (C=O) groups is 2. The van der Waals surface area contributed by atoms with Gasteiger partial charge < -0.3 is 15.3 Å². The number of carboxylic acid groups (broad SMARTS) is 1. The van der Waals surface area contributed by atoms with Gasteiger partial charge >= 0.3 is 12.0 Å². The average Bonchev–Trinajstić information content (AvgIpc) is 2.68. The number of piperidine rings is 1. The number of likely N-dealkylation sites (tertiary alicyclic amines) is 1. The molecule has 2 aliphatic rings. The number of carboxylic acids is 1. The van der Waals surface area contributed by atoms with Crippen LogP contribution >= 0.6 is 11.8 Å². The van der Waals surface area contributed by atoms with E-state index in [4.69, 9.17) is 0 Å².